The summed E-state index contributed by atoms with van der Waals surface area (Å²) in [6.07, 6.45) is 0.495. The van der Waals surface area contributed by atoms with E-state index in [9.17, 15) is 19.6 Å². The third kappa shape index (κ3) is 5.95. The molecule has 3 aromatic rings. The molecule has 3 amide bonds. The molecule has 1 aliphatic heterocycles. The molecule has 0 aromatic heterocycles. The molecule has 11 heteroatoms. The van der Waals surface area contributed by atoms with Crippen molar-refractivity contribution in [2.75, 3.05) is 18.6 Å². The fourth-order valence-electron chi connectivity index (χ4n) is 5.78. The minimum absolute atomic E-state index is 0.0256. The molecule has 4 rings (SSSR count). The van der Waals surface area contributed by atoms with Crippen LogP contribution in [0.15, 0.2) is 60.7 Å². The molecule has 0 spiro atoms. The fraction of sp³-hybridized carbons (Fsp3) is 0.312. The molecule has 1 aliphatic rings. The number of rotatable bonds is 6. The van der Waals surface area contributed by atoms with Crippen LogP contribution in [-0.2, 0) is 14.9 Å². The highest BCUT2D eigenvalue weighted by Gasteiger charge is 2.60. The number of methoxy groups -OCH3 is 1. The lowest BCUT2D eigenvalue weighted by Crippen LogP contribution is -2.51. The first-order valence-corrected chi connectivity index (χ1v) is 14.1. The molecule has 3 aromatic carbocycles. The number of likely N-dealkylation sites (tertiary alicyclic amines) is 1. The topological polar surface area (TPSA) is 90.7 Å². The van der Waals surface area contributed by atoms with Gasteiger partial charge in [-0.2, -0.15) is 5.26 Å². The molecule has 1 fully saturated rings. The van der Waals surface area contributed by atoms with Gasteiger partial charge in [0, 0.05) is 23.0 Å². The minimum atomic E-state index is -1.81. The number of ether oxygens (including phenoxy) is 1. The lowest BCUT2D eigenvalue weighted by molar-refractivity contribution is -0.107. The van der Waals surface area contributed by atoms with Crippen LogP contribution in [0.25, 0.3) is 0 Å². The van der Waals surface area contributed by atoms with Crippen LogP contribution in [0.3, 0.4) is 0 Å². The van der Waals surface area contributed by atoms with E-state index in [4.69, 9.17) is 27.9 Å². The van der Waals surface area contributed by atoms with E-state index in [1.807, 2.05) is 20.8 Å². The number of esters is 1. The normalized spacial score (nSPS) is 19.9. The van der Waals surface area contributed by atoms with Gasteiger partial charge in [-0.3, -0.25) is 4.79 Å². The van der Waals surface area contributed by atoms with Crippen LogP contribution in [-0.4, -0.2) is 43.0 Å². The van der Waals surface area contributed by atoms with Gasteiger partial charge in [0.05, 0.1) is 35.5 Å². The van der Waals surface area contributed by atoms with E-state index < -0.39 is 46.4 Å². The molecule has 0 aliphatic carbocycles. The Morgan fingerprint density at radius 2 is 1.81 bits per heavy atom. The second-order valence-electron chi connectivity index (χ2n) is 11.5. The number of imide groups is 1. The Balaban J connectivity index is 1.95. The Morgan fingerprint density at radius 3 is 2.37 bits per heavy atom. The first-order chi connectivity index (χ1) is 20.3. The van der Waals surface area contributed by atoms with Crippen molar-refractivity contribution < 1.29 is 27.9 Å². The third-order valence-corrected chi connectivity index (χ3v) is 8.21. The summed E-state index contributed by atoms with van der Waals surface area (Å²) in [5.74, 6) is -3.27. The average Bonchev–Trinajstić information content (AvgIpc) is 3.27. The maximum absolute atomic E-state index is 15.8. The van der Waals surface area contributed by atoms with E-state index in [-0.39, 0.29) is 45.4 Å². The Kier molecular flexibility index (Phi) is 9.14. The fourth-order valence-corrected chi connectivity index (χ4v) is 6.12. The van der Waals surface area contributed by atoms with Crippen LogP contribution in [0.4, 0.5) is 19.3 Å². The van der Waals surface area contributed by atoms with Crippen molar-refractivity contribution in [3.05, 3.63) is 99.0 Å². The van der Waals surface area contributed by atoms with Crippen molar-refractivity contribution in [3.8, 4) is 6.07 Å². The number of carbonyl (C=O) groups is 3. The zero-order valence-corrected chi connectivity index (χ0v) is 25.4. The molecule has 7 nitrogen and oxygen atoms in total. The number of nitriles is 1. The number of nitrogens with zero attached hydrogens (tertiary/aromatic N) is 3. The first-order valence-electron chi connectivity index (χ1n) is 13.3. The van der Waals surface area contributed by atoms with Gasteiger partial charge in [0.2, 0.25) is 6.41 Å². The van der Waals surface area contributed by atoms with Crippen molar-refractivity contribution in [2.45, 2.75) is 44.6 Å². The Bertz CT molecular complexity index is 1600. The molecule has 224 valence electrons. The summed E-state index contributed by atoms with van der Waals surface area (Å²) < 4.78 is 36.2. The summed E-state index contributed by atoms with van der Waals surface area (Å²) in [7, 11) is 1.23. The van der Waals surface area contributed by atoms with E-state index in [2.05, 4.69) is 6.07 Å². The highest BCUT2D eigenvalue weighted by atomic mass is 35.5. The molecule has 3 atom stereocenters. The standard InChI is InChI=1S/C32H29Cl2F2N3O4/c1-31(2,3)15-27-32(17-37,23-13-10-20(33)14-26(23)35)24(22-6-5-7-25(34)28(22)36)16-38(27)30(42)39(18-40)21-11-8-19(9-12-21)29(41)43-4/h5-14,18,24,27H,15-16H2,1-4H3. The van der Waals surface area contributed by atoms with E-state index in [0.29, 0.717) is 6.41 Å². The Hall–Kier alpha value is -4.00. The molecule has 0 saturated carbocycles. The minimum Gasteiger partial charge on any atom is -0.465 e. The number of hydrogen-bond donors (Lipinski definition) is 0. The monoisotopic (exact) mass is 627 g/mol. The number of amides is 3. The van der Waals surface area contributed by atoms with E-state index in [1.165, 1.54) is 66.6 Å². The van der Waals surface area contributed by atoms with Crippen LogP contribution >= 0.6 is 23.2 Å². The van der Waals surface area contributed by atoms with Crippen molar-refractivity contribution in [1.29, 1.82) is 5.26 Å². The second-order valence-corrected chi connectivity index (χ2v) is 12.4. The molecule has 1 heterocycles. The summed E-state index contributed by atoms with van der Waals surface area (Å²) in [4.78, 5) is 40.7. The van der Waals surface area contributed by atoms with Gasteiger partial charge in [0.1, 0.15) is 17.0 Å². The summed E-state index contributed by atoms with van der Waals surface area (Å²) in [5.41, 5.74) is -2.02. The van der Waals surface area contributed by atoms with Gasteiger partial charge in [0.15, 0.2) is 0 Å². The predicted molar refractivity (Wildman–Crippen MR) is 159 cm³/mol. The SMILES string of the molecule is COC(=O)c1ccc(N(C=O)C(=O)N2CC(c3cccc(Cl)c3F)C(C#N)(c3ccc(Cl)cc3F)C2CC(C)(C)C)cc1. The van der Waals surface area contributed by atoms with E-state index in [1.54, 1.807) is 0 Å². The average molecular weight is 629 g/mol. The van der Waals surface area contributed by atoms with Crippen LogP contribution in [0.5, 0.6) is 0 Å². The first kappa shape index (κ1) is 31.9. The molecule has 0 bridgehead atoms. The number of benzene rings is 3. The van der Waals surface area contributed by atoms with E-state index in [0.717, 1.165) is 11.0 Å². The summed E-state index contributed by atoms with van der Waals surface area (Å²) in [6.45, 7) is 5.45. The number of hydrogen-bond acceptors (Lipinski definition) is 5. The molecular weight excluding hydrogens is 599 g/mol. The lowest BCUT2D eigenvalue weighted by Gasteiger charge is -2.40. The number of halogens is 4. The zero-order valence-electron chi connectivity index (χ0n) is 23.9. The van der Waals surface area contributed by atoms with E-state index >= 15 is 8.78 Å². The smallest absolute Gasteiger partial charge is 0.337 e. The van der Waals surface area contributed by atoms with Gasteiger partial charge in [-0.25, -0.2) is 23.3 Å². The van der Waals surface area contributed by atoms with Gasteiger partial charge in [-0.15, -0.1) is 0 Å². The van der Waals surface area contributed by atoms with Gasteiger partial charge in [-0.1, -0.05) is 62.2 Å². The number of anilines is 1. The second kappa shape index (κ2) is 12.3. The quantitative estimate of drug-likeness (QED) is 0.208. The van der Waals surface area contributed by atoms with Gasteiger partial charge in [0.25, 0.3) is 0 Å². The molecule has 3 unspecified atom stereocenters. The van der Waals surface area contributed by atoms with Crippen molar-refractivity contribution in [2.24, 2.45) is 5.41 Å². The maximum Gasteiger partial charge on any atom is 0.337 e. The van der Waals surface area contributed by atoms with Gasteiger partial charge >= 0.3 is 12.0 Å². The Labute approximate surface area is 258 Å². The maximum atomic E-state index is 15.8. The molecular formula is C32H29Cl2F2N3O4. The molecule has 1 saturated heterocycles. The zero-order chi connectivity index (χ0) is 31.7. The summed E-state index contributed by atoms with van der Waals surface area (Å²) in [6, 6.07) is 14.3. The molecule has 0 N–H and O–H groups in total. The van der Waals surface area contributed by atoms with Crippen molar-refractivity contribution in [1.82, 2.24) is 4.90 Å². The third-order valence-electron chi connectivity index (χ3n) is 7.68. The highest BCUT2D eigenvalue weighted by Crippen LogP contribution is 2.54. The van der Waals surface area contributed by atoms with Crippen LogP contribution in [0.2, 0.25) is 10.0 Å². The number of urea groups is 1. The predicted octanol–water partition coefficient (Wildman–Crippen LogP) is 7.51. The van der Waals surface area contributed by atoms with Gasteiger partial charge in [-0.05, 0) is 59.9 Å². The molecule has 0 radical (unpaired) electrons. The number of carbonyl (C=O) groups excluding carboxylic acids is 3. The van der Waals surface area contributed by atoms with Crippen LogP contribution in [0, 0.1) is 28.4 Å². The molecule has 43 heavy (non-hydrogen) atoms. The summed E-state index contributed by atoms with van der Waals surface area (Å²) >= 11 is 12.2. The lowest BCUT2D eigenvalue weighted by atomic mass is 9.64. The van der Waals surface area contributed by atoms with Gasteiger partial charge < -0.3 is 9.64 Å². The highest BCUT2D eigenvalue weighted by molar-refractivity contribution is 6.31. The van der Waals surface area contributed by atoms with Crippen LogP contribution < -0.4 is 4.90 Å². The largest absolute Gasteiger partial charge is 0.465 e. The van der Waals surface area contributed by atoms with Crippen LogP contribution in [0.1, 0.15) is 54.6 Å². The Morgan fingerprint density at radius 1 is 1.14 bits per heavy atom. The van der Waals surface area contributed by atoms with Crippen molar-refractivity contribution >= 4 is 47.3 Å². The van der Waals surface area contributed by atoms with Crippen molar-refractivity contribution in [3.63, 3.8) is 0 Å². The summed E-state index contributed by atoms with van der Waals surface area (Å²) in [5, 5.41) is 10.9.